The van der Waals surface area contributed by atoms with Gasteiger partial charge in [0.2, 0.25) is 0 Å². The lowest BCUT2D eigenvalue weighted by molar-refractivity contribution is 0.115. The highest BCUT2D eigenvalue weighted by molar-refractivity contribution is 6.30. The van der Waals surface area contributed by atoms with Crippen LogP contribution in [0, 0.1) is 5.82 Å². The molecule has 0 radical (unpaired) electrons. The number of benzene rings is 1. The largest absolute Gasteiger partial charge is 0.449 e. The van der Waals surface area contributed by atoms with Crippen molar-refractivity contribution in [1.29, 1.82) is 0 Å². The van der Waals surface area contributed by atoms with Crippen molar-refractivity contribution < 1.29 is 13.9 Å². The van der Waals surface area contributed by atoms with Crippen LogP contribution in [0.3, 0.4) is 0 Å². The van der Waals surface area contributed by atoms with E-state index in [1.165, 1.54) is 6.07 Å². The van der Waals surface area contributed by atoms with Crippen molar-refractivity contribution in [2.45, 2.75) is 12.5 Å². The zero-order valence-corrected chi connectivity index (χ0v) is 8.55. The molecule has 80 valence electrons. The van der Waals surface area contributed by atoms with Gasteiger partial charge in [-0.2, -0.15) is 0 Å². The second-order valence-electron chi connectivity index (χ2n) is 3.26. The highest BCUT2D eigenvalue weighted by Crippen LogP contribution is 2.26. The topological polar surface area (TPSA) is 38.3 Å². The van der Waals surface area contributed by atoms with Crippen LogP contribution < -0.4 is 5.32 Å². The fourth-order valence-corrected chi connectivity index (χ4v) is 1.73. The van der Waals surface area contributed by atoms with Crippen LogP contribution in [-0.4, -0.2) is 12.7 Å². The second kappa shape index (κ2) is 4.06. The van der Waals surface area contributed by atoms with Crippen molar-refractivity contribution >= 4 is 17.7 Å². The molecule has 1 aromatic carbocycles. The summed E-state index contributed by atoms with van der Waals surface area (Å²) < 4.78 is 18.3. The van der Waals surface area contributed by atoms with Gasteiger partial charge >= 0.3 is 6.09 Å². The number of halogens is 2. The van der Waals surface area contributed by atoms with Crippen molar-refractivity contribution in [3.8, 4) is 0 Å². The Hall–Kier alpha value is -1.29. The zero-order valence-electron chi connectivity index (χ0n) is 7.80. The van der Waals surface area contributed by atoms with E-state index >= 15 is 0 Å². The van der Waals surface area contributed by atoms with Gasteiger partial charge in [-0.25, -0.2) is 9.18 Å². The predicted octanol–water partition coefficient (Wildman–Crippen LogP) is 2.65. The zero-order chi connectivity index (χ0) is 10.8. The molecule has 1 atom stereocenters. The van der Waals surface area contributed by atoms with E-state index in [9.17, 15) is 9.18 Å². The Morgan fingerprint density at radius 3 is 3.07 bits per heavy atom. The first kappa shape index (κ1) is 10.2. The van der Waals surface area contributed by atoms with Gasteiger partial charge in [-0.3, -0.25) is 0 Å². The molecule has 1 saturated heterocycles. The fourth-order valence-electron chi connectivity index (χ4n) is 1.55. The number of ether oxygens (including phenoxy) is 1. The van der Waals surface area contributed by atoms with Gasteiger partial charge in [0.25, 0.3) is 0 Å². The van der Waals surface area contributed by atoms with Gasteiger partial charge in [0.1, 0.15) is 5.82 Å². The first-order valence-electron chi connectivity index (χ1n) is 4.55. The summed E-state index contributed by atoms with van der Waals surface area (Å²) in [6.45, 7) is 0.294. The molecule has 1 N–H and O–H groups in total. The summed E-state index contributed by atoms with van der Waals surface area (Å²) in [6, 6.07) is 4.38. The number of carbonyl (C=O) groups is 1. The molecule has 1 aliphatic heterocycles. The number of hydrogen-bond donors (Lipinski definition) is 1. The molecule has 15 heavy (non-hydrogen) atoms. The highest BCUT2D eigenvalue weighted by atomic mass is 35.5. The fraction of sp³-hybridized carbons (Fsp3) is 0.300. The maximum absolute atomic E-state index is 13.6. The number of amides is 1. The first-order valence-corrected chi connectivity index (χ1v) is 4.93. The van der Waals surface area contributed by atoms with Crippen molar-refractivity contribution in [3.63, 3.8) is 0 Å². The van der Waals surface area contributed by atoms with Crippen LogP contribution in [-0.2, 0) is 4.74 Å². The summed E-state index contributed by atoms with van der Waals surface area (Å²) >= 11 is 5.65. The molecule has 3 nitrogen and oxygen atoms in total. The Balaban J connectivity index is 2.28. The quantitative estimate of drug-likeness (QED) is 0.804. The van der Waals surface area contributed by atoms with E-state index in [0.717, 1.165) is 0 Å². The Kier molecular flexibility index (Phi) is 2.77. The van der Waals surface area contributed by atoms with Gasteiger partial charge < -0.3 is 10.1 Å². The third-order valence-corrected chi connectivity index (χ3v) is 2.58. The monoisotopic (exact) mass is 229 g/mol. The van der Waals surface area contributed by atoms with E-state index in [4.69, 9.17) is 16.3 Å². The van der Waals surface area contributed by atoms with E-state index in [2.05, 4.69) is 5.32 Å². The minimum absolute atomic E-state index is 0.0632. The van der Waals surface area contributed by atoms with Crippen molar-refractivity contribution in [3.05, 3.63) is 34.6 Å². The Morgan fingerprint density at radius 1 is 1.53 bits per heavy atom. The van der Waals surface area contributed by atoms with Gasteiger partial charge in [-0.1, -0.05) is 23.7 Å². The van der Waals surface area contributed by atoms with Crippen LogP contribution in [0.1, 0.15) is 18.0 Å². The van der Waals surface area contributed by atoms with Gasteiger partial charge in [0, 0.05) is 12.0 Å². The van der Waals surface area contributed by atoms with Crippen LogP contribution in [0.25, 0.3) is 0 Å². The van der Waals surface area contributed by atoms with Crippen LogP contribution in [0.2, 0.25) is 5.02 Å². The third kappa shape index (κ3) is 2.04. The van der Waals surface area contributed by atoms with Crippen LogP contribution >= 0.6 is 11.6 Å². The Bertz CT molecular complexity index is 397. The summed E-state index contributed by atoms with van der Waals surface area (Å²) in [6.07, 6.45) is 0.0221. The molecule has 0 aromatic heterocycles. The molecule has 2 rings (SSSR count). The molecular weight excluding hydrogens is 221 g/mol. The SMILES string of the molecule is O=C1N[C@H](c2cccc(Cl)c2F)CCO1. The molecule has 0 unspecified atom stereocenters. The lowest BCUT2D eigenvalue weighted by Crippen LogP contribution is -2.35. The summed E-state index contributed by atoms with van der Waals surface area (Å²) in [5, 5.41) is 2.60. The maximum atomic E-state index is 13.6. The normalized spacial score (nSPS) is 20.7. The number of alkyl carbamates (subject to hydrolysis) is 1. The second-order valence-corrected chi connectivity index (χ2v) is 3.67. The molecule has 1 aromatic rings. The highest BCUT2D eigenvalue weighted by Gasteiger charge is 2.23. The number of hydrogen-bond acceptors (Lipinski definition) is 2. The average molecular weight is 230 g/mol. The van der Waals surface area contributed by atoms with E-state index < -0.39 is 11.9 Å². The van der Waals surface area contributed by atoms with Crippen LogP contribution in [0.5, 0.6) is 0 Å². The molecule has 0 aliphatic carbocycles. The van der Waals surface area contributed by atoms with E-state index in [0.29, 0.717) is 18.6 Å². The van der Waals surface area contributed by atoms with E-state index in [1.807, 2.05) is 0 Å². The third-order valence-electron chi connectivity index (χ3n) is 2.29. The van der Waals surface area contributed by atoms with Gasteiger partial charge in [0.05, 0.1) is 17.7 Å². The van der Waals surface area contributed by atoms with E-state index in [-0.39, 0.29) is 11.1 Å². The molecule has 0 bridgehead atoms. The van der Waals surface area contributed by atoms with Crippen LogP contribution in [0.15, 0.2) is 18.2 Å². The van der Waals surface area contributed by atoms with Gasteiger partial charge in [-0.05, 0) is 6.07 Å². The number of nitrogens with one attached hydrogen (secondary N) is 1. The molecule has 1 heterocycles. The summed E-state index contributed by atoms with van der Waals surface area (Å²) in [7, 11) is 0. The Morgan fingerprint density at radius 2 is 2.33 bits per heavy atom. The van der Waals surface area contributed by atoms with Crippen LogP contribution in [0.4, 0.5) is 9.18 Å². The van der Waals surface area contributed by atoms with Crippen molar-refractivity contribution in [1.82, 2.24) is 5.32 Å². The van der Waals surface area contributed by atoms with Crippen molar-refractivity contribution in [2.24, 2.45) is 0 Å². The summed E-state index contributed by atoms with van der Waals surface area (Å²) in [4.78, 5) is 11.0. The number of carbonyl (C=O) groups excluding carboxylic acids is 1. The van der Waals surface area contributed by atoms with E-state index in [1.54, 1.807) is 12.1 Å². The molecular formula is C10H9ClFNO2. The Labute approximate surface area is 91.2 Å². The first-order chi connectivity index (χ1) is 7.18. The number of rotatable bonds is 1. The summed E-state index contributed by atoms with van der Waals surface area (Å²) in [5.41, 5.74) is 0.402. The predicted molar refractivity (Wildman–Crippen MR) is 53.3 cm³/mol. The maximum Gasteiger partial charge on any atom is 0.407 e. The molecule has 1 amide bonds. The average Bonchev–Trinajstić information content (AvgIpc) is 2.22. The van der Waals surface area contributed by atoms with Crippen molar-refractivity contribution in [2.75, 3.05) is 6.61 Å². The molecule has 1 fully saturated rings. The number of cyclic esters (lactones) is 1. The minimum Gasteiger partial charge on any atom is -0.449 e. The summed E-state index contributed by atoms with van der Waals surface area (Å²) in [5.74, 6) is -0.480. The minimum atomic E-state index is -0.523. The van der Waals surface area contributed by atoms with Gasteiger partial charge in [0.15, 0.2) is 0 Å². The smallest absolute Gasteiger partial charge is 0.407 e. The lowest BCUT2D eigenvalue weighted by Gasteiger charge is -2.24. The molecule has 1 aliphatic rings. The standard InChI is InChI=1S/C10H9ClFNO2/c11-7-3-1-2-6(9(7)12)8-4-5-15-10(14)13-8/h1-3,8H,4-5H2,(H,13,14)/t8-/m0/s1. The molecule has 0 saturated carbocycles. The lowest BCUT2D eigenvalue weighted by atomic mass is 10.0. The van der Waals surface area contributed by atoms with Gasteiger partial charge in [-0.15, -0.1) is 0 Å². The molecule has 0 spiro atoms. The molecule has 5 heteroatoms.